The van der Waals surface area contributed by atoms with E-state index in [1.165, 1.54) is 5.56 Å². The van der Waals surface area contributed by atoms with Gasteiger partial charge in [0.15, 0.2) is 0 Å². The van der Waals surface area contributed by atoms with Crippen molar-refractivity contribution in [1.29, 1.82) is 0 Å². The number of allylic oxidation sites excluding steroid dienone is 1. The molecule has 68 valence electrons. The van der Waals surface area contributed by atoms with Gasteiger partial charge in [-0.1, -0.05) is 18.2 Å². The summed E-state index contributed by atoms with van der Waals surface area (Å²) in [5.41, 5.74) is 1.17. The van der Waals surface area contributed by atoms with E-state index < -0.39 is 0 Å². The zero-order valence-electron chi connectivity index (χ0n) is 7.16. The van der Waals surface area contributed by atoms with Gasteiger partial charge in [0.25, 0.3) is 0 Å². The molecule has 0 aliphatic carbocycles. The number of aromatic hydroxyl groups is 1. The normalized spacial score (nSPS) is 7.67. The van der Waals surface area contributed by atoms with Crippen LogP contribution in [0.4, 0.5) is 0 Å². The Morgan fingerprint density at radius 1 is 1.17 bits per heavy atom. The van der Waals surface area contributed by atoms with Crippen LogP contribution >= 0.6 is 0 Å². The smallest absolute Gasteiger partial charge is 0.115 e. The summed E-state index contributed by atoms with van der Waals surface area (Å²) >= 11 is 0. The van der Waals surface area contributed by atoms with Crippen LogP contribution in [0.25, 0.3) is 0 Å². The molecule has 1 rings (SSSR count). The fraction of sp³-hybridized carbons (Fsp3) is 0.111. The summed E-state index contributed by atoms with van der Waals surface area (Å²) in [7, 11) is 0. The van der Waals surface area contributed by atoms with Crippen molar-refractivity contribution in [3.05, 3.63) is 42.5 Å². The minimum Gasteiger partial charge on any atom is -0.508 e. The van der Waals surface area contributed by atoms with Gasteiger partial charge in [-0.2, -0.15) is 0 Å². The third-order valence-corrected chi connectivity index (χ3v) is 1.32. The number of benzene rings is 1. The Hall–Kier alpha value is -1.32. The van der Waals surface area contributed by atoms with Gasteiger partial charge in [-0.3, -0.25) is 0 Å². The van der Waals surface area contributed by atoms with Crippen LogP contribution in [0.1, 0.15) is 5.56 Å². The zero-order chi connectivity index (χ0) is 7.40. The lowest BCUT2D eigenvalue weighted by Gasteiger charge is -1.94. The lowest BCUT2D eigenvalue weighted by Crippen LogP contribution is -1.77. The van der Waals surface area contributed by atoms with Crippen molar-refractivity contribution in [2.45, 2.75) is 6.42 Å². The fourth-order valence-corrected chi connectivity index (χ4v) is 0.799. The maximum atomic E-state index is 8.90. The Kier molecular flexibility index (Phi) is 7.08. The van der Waals surface area contributed by atoms with Crippen molar-refractivity contribution in [3.8, 4) is 5.75 Å². The zero-order valence-corrected chi connectivity index (χ0v) is 7.16. The maximum Gasteiger partial charge on any atom is 0.115 e. The van der Waals surface area contributed by atoms with Gasteiger partial charge in [0.1, 0.15) is 5.75 Å². The lowest BCUT2D eigenvalue weighted by atomic mass is 10.1. The summed E-state index contributed by atoms with van der Waals surface area (Å²) in [4.78, 5) is 0. The minimum atomic E-state index is 0. The molecule has 0 saturated heterocycles. The van der Waals surface area contributed by atoms with E-state index in [9.17, 15) is 0 Å². The number of rotatable bonds is 2. The molecule has 7 N–H and O–H groups in total. The highest BCUT2D eigenvalue weighted by molar-refractivity contribution is 5.26. The first-order valence-electron chi connectivity index (χ1n) is 3.22. The van der Waals surface area contributed by atoms with E-state index in [0.29, 0.717) is 5.75 Å². The molecule has 12 heavy (non-hydrogen) atoms. The monoisotopic (exact) mass is 168 g/mol. The molecule has 0 bridgehead atoms. The standard InChI is InChI=1S/C9H10O.2H3N/c1-2-3-8-4-6-9(10)7-5-8;;/h2,4-7,10H,1,3H2;2*1H3. The summed E-state index contributed by atoms with van der Waals surface area (Å²) in [6.45, 7) is 3.62. The molecule has 0 saturated carbocycles. The average Bonchev–Trinajstić information content (AvgIpc) is 1.95. The summed E-state index contributed by atoms with van der Waals surface area (Å²) in [6, 6.07) is 7.13. The van der Waals surface area contributed by atoms with Crippen molar-refractivity contribution in [2.24, 2.45) is 0 Å². The van der Waals surface area contributed by atoms with Gasteiger partial charge in [0.05, 0.1) is 0 Å². The van der Waals surface area contributed by atoms with Crippen molar-refractivity contribution < 1.29 is 5.11 Å². The quantitative estimate of drug-likeness (QED) is 0.592. The largest absolute Gasteiger partial charge is 0.508 e. The van der Waals surface area contributed by atoms with Gasteiger partial charge in [-0.25, -0.2) is 0 Å². The van der Waals surface area contributed by atoms with Crippen molar-refractivity contribution >= 4 is 0 Å². The highest BCUT2D eigenvalue weighted by Gasteiger charge is 1.87. The summed E-state index contributed by atoms with van der Waals surface area (Å²) in [5, 5.41) is 8.90. The molecule has 0 radical (unpaired) electrons. The van der Waals surface area contributed by atoms with Crippen LogP contribution in [0, 0.1) is 0 Å². The van der Waals surface area contributed by atoms with E-state index in [4.69, 9.17) is 5.11 Å². The summed E-state index contributed by atoms with van der Waals surface area (Å²) in [5.74, 6) is 0.313. The summed E-state index contributed by atoms with van der Waals surface area (Å²) < 4.78 is 0. The first-order chi connectivity index (χ1) is 4.83. The molecule has 0 aliphatic heterocycles. The summed E-state index contributed by atoms with van der Waals surface area (Å²) in [6.07, 6.45) is 2.70. The Balaban J connectivity index is 0. The number of phenolic OH excluding ortho intramolecular Hbond substituents is 1. The van der Waals surface area contributed by atoms with Gasteiger partial charge >= 0.3 is 0 Å². The van der Waals surface area contributed by atoms with Gasteiger partial charge in [-0.05, 0) is 24.1 Å². The van der Waals surface area contributed by atoms with Crippen LogP contribution < -0.4 is 12.3 Å². The molecule has 0 atom stereocenters. The second-order valence-electron chi connectivity index (χ2n) is 2.16. The molecule has 0 amide bonds. The second kappa shape index (κ2) is 6.39. The highest BCUT2D eigenvalue weighted by atomic mass is 16.3. The third-order valence-electron chi connectivity index (χ3n) is 1.32. The Morgan fingerprint density at radius 3 is 2.08 bits per heavy atom. The van der Waals surface area contributed by atoms with Gasteiger partial charge in [0.2, 0.25) is 0 Å². The van der Waals surface area contributed by atoms with Gasteiger partial charge in [0, 0.05) is 0 Å². The molecule has 0 spiro atoms. The van der Waals surface area contributed by atoms with Crippen LogP contribution in [-0.4, -0.2) is 5.11 Å². The first-order valence-corrected chi connectivity index (χ1v) is 3.22. The van der Waals surface area contributed by atoms with E-state index in [2.05, 4.69) is 6.58 Å². The van der Waals surface area contributed by atoms with Gasteiger partial charge in [-0.15, -0.1) is 6.58 Å². The molecule has 1 aromatic rings. The predicted molar refractivity (Wildman–Crippen MR) is 52.1 cm³/mol. The Labute approximate surface area is 72.9 Å². The molecular weight excluding hydrogens is 152 g/mol. The maximum absolute atomic E-state index is 8.90. The number of phenols is 1. The molecule has 0 aliphatic rings. The molecule has 0 aromatic heterocycles. The van der Waals surface area contributed by atoms with E-state index in [1.54, 1.807) is 12.1 Å². The molecule has 3 heteroatoms. The van der Waals surface area contributed by atoms with Crippen LogP contribution in [-0.2, 0) is 6.42 Å². The molecule has 0 unspecified atom stereocenters. The molecular formula is C9H16N2O. The minimum absolute atomic E-state index is 0. The molecule has 3 nitrogen and oxygen atoms in total. The topological polar surface area (TPSA) is 90.2 Å². The van der Waals surface area contributed by atoms with Crippen LogP contribution in [0.3, 0.4) is 0 Å². The van der Waals surface area contributed by atoms with E-state index in [-0.39, 0.29) is 12.3 Å². The van der Waals surface area contributed by atoms with E-state index in [0.717, 1.165) is 6.42 Å². The van der Waals surface area contributed by atoms with Crippen LogP contribution in [0.15, 0.2) is 36.9 Å². The van der Waals surface area contributed by atoms with E-state index in [1.807, 2.05) is 18.2 Å². The number of hydrogen-bond donors (Lipinski definition) is 3. The second-order valence-corrected chi connectivity index (χ2v) is 2.16. The fourth-order valence-electron chi connectivity index (χ4n) is 0.799. The van der Waals surface area contributed by atoms with Crippen molar-refractivity contribution in [3.63, 3.8) is 0 Å². The van der Waals surface area contributed by atoms with Crippen LogP contribution in [0.5, 0.6) is 5.75 Å². The number of hydrogen-bond acceptors (Lipinski definition) is 3. The lowest BCUT2D eigenvalue weighted by molar-refractivity contribution is 0.475. The van der Waals surface area contributed by atoms with E-state index >= 15 is 0 Å². The molecule has 1 aromatic carbocycles. The van der Waals surface area contributed by atoms with Crippen LogP contribution in [0.2, 0.25) is 0 Å². The van der Waals surface area contributed by atoms with Crippen molar-refractivity contribution in [2.75, 3.05) is 0 Å². The highest BCUT2D eigenvalue weighted by Crippen LogP contribution is 2.09. The van der Waals surface area contributed by atoms with Crippen molar-refractivity contribution in [1.82, 2.24) is 12.3 Å². The molecule has 0 heterocycles. The predicted octanol–water partition coefficient (Wildman–Crippen LogP) is 2.44. The first kappa shape index (κ1) is 13.3. The Bertz CT molecular complexity index is 218. The Morgan fingerprint density at radius 2 is 1.67 bits per heavy atom. The van der Waals surface area contributed by atoms with Gasteiger partial charge < -0.3 is 17.4 Å². The SMILES string of the molecule is C=CCc1ccc(O)cc1.N.N. The average molecular weight is 168 g/mol. The third kappa shape index (κ3) is 3.75. The molecule has 0 fully saturated rings.